The fourth-order valence-corrected chi connectivity index (χ4v) is 3.39. The molecular formula is C27H36N2O3. The highest BCUT2D eigenvalue weighted by atomic mass is 16.5. The van der Waals surface area contributed by atoms with E-state index >= 15 is 0 Å². The third-order valence-corrected chi connectivity index (χ3v) is 5.25. The lowest BCUT2D eigenvalue weighted by atomic mass is 10.1. The number of hydrogen-bond acceptors (Lipinski definition) is 4. The van der Waals surface area contributed by atoms with Crippen molar-refractivity contribution in [2.24, 2.45) is 5.10 Å². The number of benzene rings is 2. The predicted molar refractivity (Wildman–Crippen MR) is 130 cm³/mol. The maximum absolute atomic E-state index is 12.2. The molecule has 1 N–H and O–H groups in total. The summed E-state index contributed by atoms with van der Waals surface area (Å²) in [7, 11) is 0. The Hall–Kier alpha value is -2.95. The van der Waals surface area contributed by atoms with Crippen LogP contribution in [0.1, 0.15) is 92.6 Å². The zero-order chi connectivity index (χ0) is 23.0. The first kappa shape index (κ1) is 25.3. The zero-order valence-electron chi connectivity index (χ0n) is 19.4. The predicted octanol–water partition coefficient (Wildman–Crippen LogP) is 6.59. The number of aryl methyl sites for hydroxylation is 1. The third-order valence-electron chi connectivity index (χ3n) is 5.25. The van der Waals surface area contributed by atoms with Gasteiger partial charge in [-0.2, -0.15) is 5.10 Å². The summed E-state index contributed by atoms with van der Waals surface area (Å²) in [5.41, 5.74) is 4.91. The van der Waals surface area contributed by atoms with Crippen LogP contribution in [0.25, 0.3) is 0 Å². The molecule has 1 amide bonds. The third kappa shape index (κ3) is 10.4. The second-order valence-electron chi connectivity index (χ2n) is 8.20. The summed E-state index contributed by atoms with van der Waals surface area (Å²) in [6.07, 6.45) is 13.1. The number of esters is 1. The van der Waals surface area contributed by atoms with Gasteiger partial charge in [0, 0.05) is 6.42 Å². The van der Waals surface area contributed by atoms with E-state index in [2.05, 4.69) is 17.5 Å². The molecule has 0 radical (unpaired) electrons. The number of nitrogens with zero attached hydrogens (tertiary/aromatic N) is 1. The Bertz CT molecular complexity index is 859. The lowest BCUT2D eigenvalue weighted by molar-refractivity contribution is -0.121. The fourth-order valence-electron chi connectivity index (χ4n) is 3.39. The van der Waals surface area contributed by atoms with Crippen LogP contribution in [0.15, 0.2) is 53.6 Å². The second kappa shape index (κ2) is 15.0. The summed E-state index contributed by atoms with van der Waals surface area (Å²) < 4.78 is 5.40. The van der Waals surface area contributed by atoms with Crippen molar-refractivity contribution < 1.29 is 14.3 Å². The molecule has 0 heterocycles. The average molecular weight is 437 g/mol. The molecule has 2 rings (SSSR count). The minimum absolute atomic E-state index is 0.0621. The smallest absolute Gasteiger partial charge is 0.343 e. The van der Waals surface area contributed by atoms with E-state index < -0.39 is 0 Å². The summed E-state index contributed by atoms with van der Waals surface area (Å²) in [6, 6.07) is 14.3. The first-order chi connectivity index (χ1) is 15.6. The Kier molecular flexibility index (Phi) is 11.8. The number of nitrogens with one attached hydrogen (secondary N) is 1. The number of rotatable bonds is 14. The van der Waals surface area contributed by atoms with Gasteiger partial charge in [0.1, 0.15) is 5.75 Å². The van der Waals surface area contributed by atoms with E-state index in [9.17, 15) is 9.59 Å². The Morgan fingerprint density at radius 3 is 2.22 bits per heavy atom. The van der Waals surface area contributed by atoms with Crippen LogP contribution >= 0.6 is 0 Å². The molecule has 0 unspecified atom stereocenters. The standard InChI is InChI=1S/C27H36N2O3/c1-3-4-5-6-7-8-9-10-11-15-26(30)29-28-21-23-16-18-25(19-17-23)32-27(31)24-14-12-13-22(2)20-24/h12-14,16-21H,3-11,15H2,1-2H3,(H,29,30)/b28-21-. The molecule has 2 aromatic carbocycles. The maximum Gasteiger partial charge on any atom is 0.343 e. The molecule has 0 aliphatic heterocycles. The van der Waals surface area contributed by atoms with Crippen molar-refractivity contribution in [2.45, 2.75) is 78.1 Å². The molecule has 0 bridgehead atoms. The van der Waals surface area contributed by atoms with Gasteiger partial charge < -0.3 is 4.74 Å². The maximum atomic E-state index is 12.2. The molecule has 172 valence electrons. The van der Waals surface area contributed by atoms with Crippen LogP contribution in [0.4, 0.5) is 0 Å². The Morgan fingerprint density at radius 2 is 1.56 bits per heavy atom. The Labute approximate surface area is 192 Å². The van der Waals surface area contributed by atoms with Crippen LogP contribution in [0, 0.1) is 6.92 Å². The molecule has 0 saturated heterocycles. The van der Waals surface area contributed by atoms with Gasteiger partial charge in [-0.05, 0) is 55.3 Å². The summed E-state index contributed by atoms with van der Waals surface area (Å²) in [6.45, 7) is 4.16. The second-order valence-corrected chi connectivity index (χ2v) is 8.20. The highest BCUT2D eigenvalue weighted by Gasteiger charge is 2.08. The van der Waals surface area contributed by atoms with Crippen LogP contribution in [0.3, 0.4) is 0 Å². The number of hydrogen-bond donors (Lipinski definition) is 1. The van der Waals surface area contributed by atoms with Gasteiger partial charge >= 0.3 is 5.97 Å². The highest BCUT2D eigenvalue weighted by Crippen LogP contribution is 2.14. The molecule has 5 heteroatoms. The van der Waals surface area contributed by atoms with Crippen LogP contribution in [0.2, 0.25) is 0 Å². The molecule has 0 saturated carbocycles. The molecule has 0 aromatic heterocycles. The van der Waals surface area contributed by atoms with Crippen molar-refractivity contribution in [3.63, 3.8) is 0 Å². The monoisotopic (exact) mass is 436 g/mol. The van der Waals surface area contributed by atoms with Crippen molar-refractivity contribution in [3.8, 4) is 5.75 Å². The van der Waals surface area contributed by atoms with Crippen molar-refractivity contribution >= 4 is 18.1 Å². The van der Waals surface area contributed by atoms with Gasteiger partial charge in [-0.15, -0.1) is 0 Å². The molecule has 2 aromatic rings. The molecule has 5 nitrogen and oxygen atoms in total. The van der Waals surface area contributed by atoms with Gasteiger partial charge in [0.2, 0.25) is 5.91 Å². The minimum Gasteiger partial charge on any atom is -0.423 e. The first-order valence-corrected chi connectivity index (χ1v) is 11.8. The van der Waals surface area contributed by atoms with Crippen molar-refractivity contribution in [1.82, 2.24) is 5.43 Å². The summed E-state index contributed by atoms with van der Waals surface area (Å²) in [5, 5.41) is 4.01. The number of unbranched alkanes of at least 4 members (excludes halogenated alkanes) is 8. The molecule has 0 aliphatic carbocycles. The van der Waals surface area contributed by atoms with Crippen LogP contribution in [-0.4, -0.2) is 18.1 Å². The van der Waals surface area contributed by atoms with Gasteiger partial charge in [0.05, 0.1) is 11.8 Å². The molecular weight excluding hydrogens is 400 g/mol. The average Bonchev–Trinajstić information content (AvgIpc) is 2.79. The molecule has 0 spiro atoms. The van der Waals surface area contributed by atoms with Crippen molar-refractivity contribution in [2.75, 3.05) is 0 Å². The van der Waals surface area contributed by atoms with E-state index in [0.717, 1.165) is 24.0 Å². The van der Waals surface area contributed by atoms with Crippen LogP contribution < -0.4 is 10.2 Å². The summed E-state index contributed by atoms with van der Waals surface area (Å²) >= 11 is 0. The number of carbonyl (C=O) groups excluding carboxylic acids is 2. The molecule has 32 heavy (non-hydrogen) atoms. The van der Waals surface area contributed by atoms with E-state index in [0.29, 0.717) is 17.7 Å². The van der Waals surface area contributed by atoms with Gasteiger partial charge in [-0.25, -0.2) is 10.2 Å². The number of amides is 1. The molecule has 0 aliphatic rings. The van der Waals surface area contributed by atoms with E-state index in [4.69, 9.17) is 4.74 Å². The number of hydrazone groups is 1. The van der Waals surface area contributed by atoms with Crippen molar-refractivity contribution in [3.05, 3.63) is 65.2 Å². The Morgan fingerprint density at radius 1 is 0.906 bits per heavy atom. The quantitative estimate of drug-likeness (QED) is 0.119. The topological polar surface area (TPSA) is 67.8 Å². The fraction of sp³-hybridized carbons (Fsp3) is 0.444. The first-order valence-electron chi connectivity index (χ1n) is 11.8. The summed E-state index contributed by atoms with van der Waals surface area (Å²) in [4.78, 5) is 24.1. The van der Waals surface area contributed by atoms with Crippen molar-refractivity contribution in [1.29, 1.82) is 0 Å². The minimum atomic E-state index is -0.390. The highest BCUT2D eigenvalue weighted by molar-refractivity contribution is 5.91. The lowest BCUT2D eigenvalue weighted by Gasteiger charge is -2.05. The Balaban J connectivity index is 1.62. The van der Waals surface area contributed by atoms with E-state index in [1.54, 1.807) is 42.6 Å². The van der Waals surface area contributed by atoms with Crippen LogP contribution in [-0.2, 0) is 4.79 Å². The molecule has 0 fully saturated rings. The lowest BCUT2D eigenvalue weighted by Crippen LogP contribution is -2.16. The SMILES string of the molecule is CCCCCCCCCCCC(=O)N/N=C\c1ccc(OC(=O)c2cccc(C)c2)cc1. The number of ether oxygens (including phenoxy) is 1. The normalized spacial score (nSPS) is 10.9. The van der Waals surface area contributed by atoms with Gasteiger partial charge in [0.25, 0.3) is 0 Å². The van der Waals surface area contributed by atoms with Gasteiger partial charge in [0.15, 0.2) is 0 Å². The number of carbonyl (C=O) groups is 2. The van der Waals surface area contributed by atoms with E-state index in [-0.39, 0.29) is 11.9 Å². The zero-order valence-corrected chi connectivity index (χ0v) is 19.4. The van der Waals surface area contributed by atoms with Crippen LogP contribution in [0.5, 0.6) is 5.75 Å². The van der Waals surface area contributed by atoms with E-state index in [1.165, 1.54) is 44.9 Å². The largest absolute Gasteiger partial charge is 0.423 e. The molecule has 0 atom stereocenters. The van der Waals surface area contributed by atoms with Gasteiger partial charge in [-0.3, -0.25) is 4.79 Å². The summed E-state index contributed by atoms with van der Waals surface area (Å²) in [5.74, 6) is 0.00910. The van der Waals surface area contributed by atoms with E-state index in [1.807, 2.05) is 19.1 Å². The van der Waals surface area contributed by atoms with Gasteiger partial charge in [-0.1, -0.05) is 76.0 Å².